The number of aromatic amines is 1. The van der Waals surface area contributed by atoms with E-state index in [0.717, 1.165) is 5.56 Å². The van der Waals surface area contributed by atoms with Crippen LogP contribution < -0.4 is 17.0 Å². The van der Waals surface area contributed by atoms with Gasteiger partial charge in [-0.15, -0.1) is 0 Å². The van der Waals surface area contributed by atoms with Crippen LogP contribution in [0.3, 0.4) is 0 Å². The Morgan fingerprint density at radius 3 is 2.43 bits per heavy atom. The zero-order valence-electron chi connectivity index (χ0n) is 12.4. The van der Waals surface area contributed by atoms with E-state index in [1.807, 2.05) is 27.7 Å². The molecule has 0 aliphatic heterocycles. The van der Waals surface area contributed by atoms with Crippen LogP contribution in [0.4, 0.5) is 11.6 Å². The van der Waals surface area contributed by atoms with Crippen molar-refractivity contribution in [1.29, 1.82) is 0 Å². The third kappa shape index (κ3) is 3.52. The van der Waals surface area contributed by atoms with Gasteiger partial charge in [0.2, 0.25) is 0 Å². The van der Waals surface area contributed by atoms with Crippen molar-refractivity contribution >= 4 is 23.4 Å². The summed E-state index contributed by atoms with van der Waals surface area (Å²) in [7, 11) is 0. The minimum atomic E-state index is -0.305. The van der Waals surface area contributed by atoms with E-state index in [0.29, 0.717) is 21.8 Å². The van der Waals surface area contributed by atoms with Crippen LogP contribution in [0.1, 0.15) is 32.2 Å². The van der Waals surface area contributed by atoms with Gasteiger partial charge in [-0.2, -0.15) is 0 Å². The lowest BCUT2D eigenvalue weighted by atomic mass is 9.95. The molecular formula is C13H18N6OS. The van der Waals surface area contributed by atoms with Crippen molar-refractivity contribution in [3.8, 4) is 0 Å². The molecule has 0 saturated heterocycles. The lowest BCUT2D eigenvalue weighted by Gasteiger charge is -2.18. The average Bonchev–Trinajstić information content (AvgIpc) is 2.32. The molecule has 21 heavy (non-hydrogen) atoms. The monoisotopic (exact) mass is 306 g/mol. The number of nitrogens with zero attached hydrogens (tertiary/aromatic N) is 3. The topological polar surface area (TPSA) is 124 Å². The molecule has 112 valence electrons. The van der Waals surface area contributed by atoms with Gasteiger partial charge in [0, 0.05) is 17.0 Å². The van der Waals surface area contributed by atoms with Gasteiger partial charge in [0.15, 0.2) is 5.16 Å². The summed E-state index contributed by atoms with van der Waals surface area (Å²) < 4.78 is 0. The highest BCUT2D eigenvalue weighted by Crippen LogP contribution is 2.30. The Kier molecular flexibility index (Phi) is 3.91. The number of anilines is 2. The summed E-state index contributed by atoms with van der Waals surface area (Å²) in [5.41, 5.74) is 11.7. The molecule has 0 atom stereocenters. The molecule has 0 radical (unpaired) electrons. The van der Waals surface area contributed by atoms with E-state index in [2.05, 4.69) is 19.9 Å². The number of nitrogen functional groups attached to an aromatic ring is 2. The molecule has 2 aromatic rings. The van der Waals surface area contributed by atoms with E-state index in [1.165, 1.54) is 17.8 Å². The Hall–Kier alpha value is -2.09. The van der Waals surface area contributed by atoms with Crippen LogP contribution in [0.25, 0.3) is 0 Å². The Morgan fingerprint density at radius 2 is 1.86 bits per heavy atom. The summed E-state index contributed by atoms with van der Waals surface area (Å²) in [6.45, 7) is 7.85. The number of hydrogen-bond acceptors (Lipinski definition) is 7. The predicted molar refractivity (Wildman–Crippen MR) is 83.3 cm³/mol. The number of nitrogens with one attached hydrogen (secondary N) is 1. The quantitative estimate of drug-likeness (QED) is 0.567. The van der Waals surface area contributed by atoms with Crippen molar-refractivity contribution < 1.29 is 0 Å². The van der Waals surface area contributed by atoms with Crippen molar-refractivity contribution in [1.82, 2.24) is 19.9 Å². The molecule has 0 saturated carbocycles. The molecule has 8 heteroatoms. The number of rotatable bonds is 2. The van der Waals surface area contributed by atoms with Crippen LogP contribution in [0.2, 0.25) is 0 Å². The summed E-state index contributed by atoms with van der Waals surface area (Å²) in [6.07, 6.45) is 0. The average molecular weight is 306 g/mol. The van der Waals surface area contributed by atoms with Crippen molar-refractivity contribution in [3.63, 3.8) is 0 Å². The first-order valence-corrected chi connectivity index (χ1v) is 7.18. The van der Waals surface area contributed by atoms with Gasteiger partial charge in [0.25, 0.3) is 5.56 Å². The van der Waals surface area contributed by atoms with E-state index in [-0.39, 0.29) is 16.8 Å². The van der Waals surface area contributed by atoms with Gasteiger partial charge in [0.05, 0.1) is 0 Å². The van der Waals surface area contributed by atoms with Crippen LogP contribution in [0, 0.1) is 6.92 Å². The lowest BCUT2D eigenvalue weighted by molar-refractivity contribution is 0.538. The minimum absolute atomic E-state index is 0.164. The van der Waals surface area contributed by atoms with Gasteiger partial charge in [0.1, 0.15) is 22.5 Å². The lowest BCUT2D eigenvalue weighted by Crippen LogP contribution is -2.18. The van der Waals surface area contributed by atoms with Crippen LogP contribution in [0.5, 0.6) is 0 Å². The fourth-order valence-electron chi connectivity index (χ4n) is 1.54. The standard InChI is InChI=1S/C13H18N6OS/c1-6-9(15)18-11(13(2,3)4)19-10(6)21-12-16-7(14)5-8(20)17-12/h5H,1-4H3,(H2,15,18,19)(H3,14,16,17,20). The molecule has 0 aromatic carbocycles. The summed E-state index contributed by atoms with van der Waals surface area (Å²) >= 11 is 1.21. The first-order chi connectivity index (χ1) is 9.66. The van der Waals surface area contributed by atoms with Gasteiger partial charge in [-0.1, -0.05) is 20.8 Å². The molecule has 0 aliphatic carbocycles. The maximum atomic E-state index is 11.4. The molecule has 2 aromatic heterocycles. The zero-order valence-corrected chi connectivity index (χ0v) is 13.2. The smallest absolute Gasteiger partial charge is 0.253 e. The molecule has 0 aliphatic rings. The van der Waals surface area contributed by atoms with E-state index in [1.54, 1.807) is 0 Å². The summed E-state index contributed by atoms with van der Waals surface area (Å²) in [6, 6.07) is 1.23. The summed E-state index contributed by atoms with van der Waals surface area (Å²) in [5, 5.41) is 1.03. The fraction of sp³-hybridized carbons (Fsp3) is 0.385. The van der Waals surface area contributed by atoms with Gasteiger partial charge in [-0.25, -0.2) is 15.0 Å². The molecule has 0 fully saturated rings. The second-order valence-corrected chi connectivity index (χ2v) is 6.67. The number of nitrogens with two attached hydrogens (primary N) is 2. The third-order valence-electron chi connectivity index (χ3n) is 2.74. The van der Waals surface area contributed by atoms with Gasteiger partial charge in [-0.3, -0.25) is 4.79 Å². The van der Waals surface area contributed by atoms with Crippen molar-refractivity contribution in [2.45, 2.75) is 43.3 Å². The molecule has 0 spiro atoms. The van der Waals surface area contributed by atoms with Crippen LogP contribution in [0.15, 0.2) is 21.0 Å². The Morgan fingerprint density at radius 1 is 1.19 bits per heavy atom. The van der Waals surface area contributed by atoms with Crippen molar-refractivity contribution in [2.24, 2.45) is 0 Å². The maximum Gasteiger partial charge on any atom is 0.253 e. The van der Waals surface area contributed by atoms with Gasteiger partial charge in [-0.05, 0) is 18.7 Å². The molecule has 5 N–H and O–H groups in total. The second-order valence-electron chi connectivity index (χ2n) is 5.69. The molecule has 0 bridgehead atoms. The Labute approximate surface area is 126 Å². The highest BCUT2D eigenvalue weighted by Gasteiger charge is 2.21. The highest BCUT2D eigenvalue weighted by atomic mass is 32.2. The fourth-order valence-corrected chi connectivity index (χ4v) is 2.42. The van der Waals surface area contributed by atoms with Crippen molar-refractivity contribution in [2.75, 3.05) is 11.5 Å². The first kappa shape index (κ1) is 15.3. The maximum absolute atomic E-state index is 11.4. The van der Waals surface area contributed by atoms with E-state index in [9.17, 15) is 4.79 Å². The van der Waals surface area contributed by atoms with Gasteiger partial charge >= 0.3 is 0 Å². The molecule has 0 unspecified atom stereocenters. The van der Waals surface area contributed by atoms with Gasteiger partial charge < -0.3 is 16.5 Å². The number of H-pyrrole nitrogens is 1. The van der Waals surface area contributed by atoms with Crippen LogP contribution >= 0.6 is 11.8 Å². The van der Waals surface area contributed by atoms with E-state index < -0.39 is 0 Å². The summed E-state index contributed by atoms with van der Waals surface area (Å²) in [4.78, 5) is 27.0. The molecule has 7 nitrogen and oxygen atoms in total. The normalized spacial score (nSPS) is 11.6. The molecular weight excluding hydrogens is 288 g/mol. The number of aromatic nitrogens is 4. The van der Waals surface area contributed by atoms with Crippen LogP contribution in [-0.2, 0) is 5.41 Å². The number of hydrogen-bond donors (Lipinski definition) is 3. The zero-order chi connectivity index (χ0) is 15.8. The second kappa shape index (κ2) is 5.36. The predicted octanol–water partition coefficient (Wildman–Crippen LogP) is 1.48. The van der Waals surface area contributed by atoms with E-state index in [4.69, 9.17) is 11.5 Å². The highest BCUT2D eigenvalue weighted by molar-refractivity contribution is 7.99. The van der Waals surface area contributed by atoms with Crippen LogP contribution in [-0.4, -0.2) is 19.9 Å². The first-order valence-electron chi connectivity index (χ1n) is 6.36. The largest absolute Gasteiger partial charge is 0.383 e. The van der Waals surface area contributed by atoms with E-state index >= 15 is 0 Å². The Balaban J connectivity index is 2.48. The Bertz CT molecular complexity index is 734. The minimum Gasteiger partial charge on any atom is -0.383 e. The summed E-state index contributed by atoms with van der Waals surface area (Å²) in [5.74, 6) is 1.22. The molecule has 2 heterocycles. The SMILES string of the molecule is Cc1c(N)nc(C(C)(C)C)nc1Sc1nc(N)cc(=O)[nH]1. The van der Waals surface area contributed by atoms with Crippen molar-refractivity contribution in [3.05, 3.63) is 27.8 Å². The third-order valence-corrected chi connectivity index (χ3v) is 3.72. The molecule has 0 amide bonds. The molecule has 2 rings (SSSR count).